The van der Waals surface area contributed by atoms with Gasteiger partial charge in [-0.15, -0.1) is 0 Å². The molecule has 1 unspecified atom stereocenters. The van der Waals surface area contributed by atoms with Crippen molar-refractivity contribution >= 4 is 11.9 Å². The van der Waals surface area contributed by atoms with E-state index in [9.17, 15) is 9.59 Å². The van der Waals surface area contributed by atoms with Crippen LogP contribution >= 0.6 is 0 Å². The number of benzene rings is 1. The van der Waals surface area contributed by atoms with Gasteiger partial charge < -0.3 is 14.8 Å². The van der Waals surface area contributed by atoms with Gasteiger partial charge in [0.25, 0.3) is 0 Å². The first kappa shape index (κ1) is 14.0. The van der Waals surface area contributed by atoms with E-state index in [1.165, 1.54) is 21.0 Å². The van der Waals surface area contributed by atoms with Crippen molar-refractivity contribution in [3.8, 4) is 11.5 Å². The van der Waals surface area contributed by atoms with Crippen LogP contribution in [0.5, 0.6) is 11.5 Å². The van der Waals surface area contributed by atoms with Crippen LogP contribution in [0, 0.1) is 0 Å². The summed E-state index contributed by atoms with van der Waals surface area (Å²) in [6.45, 7) is 4.65. The van der Waals surface area contributed by atoms with Crippen molar-refractivity contribution in [2.45, 2.75) is 26.8 Å². The predicted molar refractivity (Wildman–Crippen MR) is 66.5 cm³/mol. The Bertz CT molecular complexity index is 456. The van der Waals surface area contributed by atoms with Crippen LogP contribution in [0.1, 0.15) is 32.4 Å². The van der Waals surface area contributed by atoms with E-state index in [1.807, 2.05) is 6.92 Å². The third kappa shape index (κ3) is 3.76. The molecule has 1 aromatic carbocycles. The van der Waals surface area contributed by atoms with E-state index in [0.29, 0.717) is 11.5 Å². The number of carbonyl (C=O) groups is 2. The maximum Gasteiger partial charge on any atom is 0.308 e. The average Bonchev–Trinajstić information content (AvgIpc) is 2.27. The zero-order valence-electron chi connectivity index (χ0n) is 10.9. The van der Waals surface area contributed by atoms with Gasteiger partial charge in [-0.1, -0.05) is 6.07 Å². The molecule has 1 aromatic rings. The van der Waals surface area contributed by atoms with Gasteiger partial charge in [-0.05, 0) is 24.6 Å². The van der Waals surface area contributed by atoms with Crippen LogP contribution in [-0.4, -0.2) is 19.0 Å². The topological polar surface area (TPSA) is 64.6 Å². The van der Waals surface area contributed by atoms with E-state index < -0.39 is 5.97 Å². The Balaban J connectivity index is 2.97. The van der Waals surface area contributed by atoms with Gasteiger partial charge in [-0.3, -0.25) is 9.59 Å². The molecule has 0 fully saturated rings. The Kier molecular flexibility index (Phi) is 4.71. The third-order valence-corrected chi connectivity index (χ3v) is 2.36. The summed E-state index contributed by atoms with van der Waals surface area (Å²) in [5.41, 5.74) is 0.873. The van der Waals surface area contributed by atoms with Gasteiger partial charge in [-0.25, -0.2) is 0 Å². The van der Waals surface area contributed by atoms with Crippen LogP contribution in [0.2, 0.25) is 0 Å². The van der Waals surface area contributed by atoms with Crippen LogP contribution in [-0.2, 0) is 9.59 Å². The molecule has 5 nitrogen and oxygen atoms in total. The number of carbonyl (C=O) groups excluding carboxylic acids is 2. The predicted octanol–water partition coefficient (Wildman–Crippen LogP) is 1.82. The lowest BCUT2D eigenvalue weighted by atomic mass is 10.1. The lowest BCUT2D eigenvalue weighted by molar-refractivity contribution is -0.132. The normalized spacial score (nSPS) is 11.6. The molecule has 5 heteroatoms. The number of ether oxygens (including phenoxy) is 2. The highest BCUT2D eigenvalue weighted by Gasteiger charge is 2.12. The molecule has 0 aromatic heterocycles. The molecule has 0 radical (unpaired) electrons. The minimum Gasteiger partial charge on any atom is -0.493 e. The lowest BCUT2D eigenvalue weighted by Gasteiger charge is -2.15. The largest absolute Gasteiger partial charge is 0.493 e. The standard InChI is InChI=1S/C13H17NO4/c1-8(14-9(2)15)11-5-6-12(18-10(3)16)13(7-11)17-4/h5-8H,1-4H3,(H,14,15). The van der Waals surface area contributed by atoms with Gasteiger partial charge in [0.05, 0.1) is 13.2 Å². The highest BCUT2D eigenvalue weighted by molar-refractivity contribution is 5.73. The smallest absolute Gasteiger partial charge is 0.308 e. The SMILES string of the molecule is COc1cc(C(C)NC(C)=O)ccc1OC(C)=O. The maximum atomic E-state index is 11.0. The summed E-state index contributed by atoms with van der Waals surface area (Å²) >= 11 is 0. The zero-order valence-corrected chi connectivity index (χ0v) is 10.9. The molecule has 0 aliphatic rings. The molecule has 0 heterocycles. The van der Waals surface area contributed by atoms with E-state index in [0.717, 1.165) is 5.56 Å². The molecule has 0 bridgehead atoms. The summed E-state index contributed by atoms with van der Waals surface area (Å²) in [5, 5.41) is 2.77. The number of amides is 1. The van der Waals surface area contributed by atoms with Crippen LogP contribution in [0.25, 0.3) is 0 Å². The molecular formula is C13H17NO4. The fourth-order valence-corrected chi connectivity index (χ4v) is 1.58. The Labute approximate surface area is 106 Å². The minimum absolute atomic E-state index is 0.106. The Morgan fingerprint density at radius 3 is 2.39 bits per heavy atom. The highest BCUT2D eigenvalue weighted by atomic mass is 16.6. The van der Waals surface area contributed by atoms with Crippen LogP contribution in [0.15, 0.2) is 18.2 Å². The van der Waals surface area contributed by atoms with Gasteiger partial charge in [0.15, 0.2) is 11.5 Å². The maximum absolute atomic E-state index is 11.0. The molecule has 1 rings (SSSR count). The molecular weight excluding hydrogens is 234 g/mol. The second kappa shape index (κ2) is 6.05. The molecule has 1 amide bonds. The number of hydrogen-bond donors (Lipinski definition) is 1. The van der Waals surface area contributed by atoms with Crippen LogP contribution in [0.4, 0.5) is 0 Å². The second-order valence-corrected chi connectivity index (χ2v) is 3.93. The quantitative estimate of drug-likeness (QED) is 0.655. The van der Waals surface area contributed by atoms with Crippen LogP contribution < -0.4 is 14.8 Å². The first-order chi connectivity index (χ1) is 8.43. The Morgan fingerprint density at radius 1 is 1.22 bits per heavy atom. The molecule has 98 valence electrons. The average molecular weight is 251 g/mol. The van der Waals surface area contributed by atoms with Gasteiger partial charge in [-0.2, -0.15) is 0 Å². The molecule has 0 aliphatic carbocycles. The molecule has 1 N–H and O–H groups in total. The van der Waals surface area contributed by atoms with Crippen LogP contribution in [0.3, 0.4) is 0 Å². The van der Waals surface area contributed by atoms with E-state index >= 15 is 0 Å². The summed E-state index contributed by atoms with van der Waals surface area (Å²) in [5.74, 6) is 0.310. The number of rotatable bonds is 4. The number of esters is 1. The van der Waals surface area contributed by atoms with E-state index in [2.05, 4.69) is 5.32 Å². The fraction of sp³-hybridized carbons (Fsp3) is 0.385. The first-order valence-electron chi connectivity index (χ1n) is 5.57. The fourth-order valence-electron chi connectivity index (χ4n) is 1.58. The summed E-state index contributed by atoms with van der Waals surface area (Å²) in [6.07, 6.45) is 0. The third-order valence-electron chi connectivity index (χ3n) is 2.36. The Morgan fingerprint density at radius 2 is 1.89 bits per heavy atom. The molecule has 0 spiro atoms. The monoisotopic (exact) mass is 251 g/mol. The van der Waals surface area contributed by atoms with Gasteiger partial charge in [0.1, 0.15) is 0 Å². The van der Waals surface area contributed by atoms with Crippen molar-refractivity contribution in [1.82, 2.24) is 5.32 Å². The number of methoxy groups -OCH3 is 1. The van der Waals surface area contributed by atoms with Crippen molar-refractivity contribution in [2.75, 3.05) is 7.11 Å². The number of nitrogens with one attached hydrogen (secondary N) is 1. The lowest BCUT2D eigenvalue weighted by Crippen LogP contribution is -2.23. The van der Waals surface area contributed by atoms with E-state index in [4.69, 9.17) is 9.47 Å². The van der Waals surface area contributed by atoms with Crippen molar-refractivity contribution in [3.63, 3.8) is 0 Å². The Hall–Kier alpha value is -2.04. The van der Waals surface area contributed by atoms with Crippen molar-refractivity contribution < 1.29 is 19.1 Å². The second-order valence-electron chi connectivity index (χ2n) is 3.93. The summed E-state index contributed by atoms with van der Waals surface area (Å²) in [7, 11) is 1.50. The van der Waals surface area contributed by atoms with E-state index in [1.54, 1.807) is 18.2 Å². The molecule has 1 atom stereocenters. The summed E-state index contributed by atoms with van der Waals surface area (Å²) in [6, 6.07) is 5.02. The molecule has 0 saturated heterocycles. The van der Waals surface area contributed by atoms with Gasteiger partial charge in [0, 0.05) is 13.8 Å². The highest BCUT2D eigenvalue weighted by Crippen LogP contribution is 2.30. The summed E-state index contributed by atoms with van der Waals surface area (Å²) < 4.78 is 10.2. The molecule has 0 aliphatic heterocycles. The first-order valence-corrected chi connectivity index (χ1v) is 5.57. The van der Waals surface area contributed by atoms with Gasteiger partial charge >= 0.3 is 5.97 Å². The van der Waals surface area contributed by atoms with Crippen molar-refractivity contribution in [2.24, 2.45) is 0 Å². The van der Waals surface area contributed by atoms with E-state index in [-0.39, 0.29) is 11.9 Å². The zero-order chi connectivity index (χ0) is 13.7. The summed E-state index contributed by atoms with van der Waals surface area (Å²) in [4.78, 5) is 21.9. The molecule has 0 saturated carbocycles. The number of hydrogen-bond acceptors (Lipinski definition) is 4. The minimum atomic E-state index is -0.407. The van der Waals surface area contributed by atoms with Gasteiger partial charge in [0.2, 0.25) is 5.91 Å². The van der Waals surface area contributed by atoms with Crippen molar-refractivity contribution in [1.29, 1.82) is 0 Å². The van der Waals surface area contributed by atoms with Crippen molar-refractivity contribution in [3.05, 3.63) is 23.8 Å². The molecule has 18 heavy (non-hydrogen) atoms.